The van der Waals surface area contributed by atoms with Crippen molar-refractivity contribution >= 4 is 0 Å². The predicted molar refractivity (Wildman–Crippen MR) is 37.3 cm³/mol. The largest absolute Gasteiger partial charge is 0.389 e. The first-order valence-corrected chi connectivity index (χ1v) is 2.93. The van der Waals surface area contributed by atoms with Crippen molar-refractivity contribution in [3.05, 3.63) is 22.8 Å². The number of aliphatic hydroxyl groups excluding tert-OH is 1. The topological polar surface area (TPSA) is 63.4 Å². The molecular formula is C6H11NO3. The second kappa shape index (κ2) is 3.31. The Bertz CT molecular complexity index is 146. The van der Waals surface area contributed by atoms with Gasteiger partial charge in [0, 0.05) is 18.3 Å². The van der Waals surface area contributed by atoms with Crippen LogP contribution in [0.3, 0.4) is 0 Å². The summed E-state index contributed by atoms with van der Waals surface area (Å²) in [4.78, 5) is 9.75. The lowest BCUT2D eigenvalue weighted by atomic mass is 10.0. The lowest BCUT2D eigenvalue weighted by Crippen LogP contribution is -2.38. The molecule has 58 valence electrons. The smallest absolute Gasteiger partial charge is 0.245 e. The third-order valence-electron chi connectivity index (χ3n) is 1.37. The number of nitrogens with zero attached hydrogens (tertiary/aromatic N) is 1. The molecule has 1 atom stereocenters. The maximum Gasteiger partial charge on any atom is 0.245 e. The van der Waals surface area contributed by atoms with Gasteiger partial charge in [0.2, 0.25) is 5.54 Å². The molecule has 10 heavy (non-hydrogen) atoms. The Hall–Kier alpha value is -0.900. The summed E-state index contributed by atoms with van der Waals surface area (Å²) in [6.45, 7) is 4.29. The van der Waals surface area contributed by atoms with E-state index in [-0.39, 0.29) is 6.42 Å². The van der Waals surface area contributed by atoms with Gasteiger partial charge in [-0.05, 0) is 0 Å². The number of rotatable bonds is 4. The highest BCUT2D eigenvalue weighted by Gasteiger charge is 2.34. The molecule has 0 aromatic rings. The molecular weight excluding hydrogens is 134 g/mol. The fraction of sp³-hybridized carbons (Fsp3) is 0.667. The van der Waals surface area contributed by atoms with Gasteiger partial charge in [-0.3, -0.25) is 10.1 Å². The highest BCUT2D eigenvalue weighted by atomic mass is 16.6. The number of hydrogen-bond donors (Lipinski definition) is 1. The monoisotopic (exact) mass is 145 g/mol. The summed E-state index contributed by atoms with van der Waals surface area (Å²) in [5, 5.41) is 18.8. The maximum atomic E-state index is 10.2. The SMILES string of the molecule is C=CCC(C)(CO)[N+](=O)[O-]. The molecule has 0 aliphatic rings. The van der Waals surface area contributed by atoms with Crippen LogP contribution in [0, 0.1) is 10.1 Å². The van der Waals surface area contributed by atoms with Crippen LogP contribution in [-0.2, 0) is 0 Å². The van der Waals surface area contributed by atoms with Gasteiger partial charge in [-0.15, -0.1) is 6.58 Å². The van der Waals surface area contributed by atoms with Crippen LogP contribution in [0.1, 0.15) is 13.3 Å². The van der Waals surface area contributed by atoms with Crippen LogP contribution in [0.15, 0.2) is 12.7 Å². The summed E-state index contributed by atoms with van der Waals surface area (Å²) in [5.74, 6) is 0. The van der Waals surface area contributed by atoms with Crippen LogP contribution in [0.2, 0.25) is 0 Å². The van der Waals surface area contributed by atoms with Crippen molar-refractivity contribution in [2.24, 2.45) is 0 Å². The van der Waals surface area contributed by atoms with Crippen molar-refractivity contribution in [3.8, 4) is 0 Å². The summed E-state index contributed by atoms with van der Waals surface area (Å²) < 4.78 is 0. The minimum atomic E-state index is -1.25. The zero-order valence-corrected chi connectivity index (χ0v) is 5.91. The minimum absolute atomic E-state index is 0.191. The van der Waals surface area contributed by atoms with Gasteiger partial charge >= 0.3 is 0 Å². The summed E-state index contributed by atoms with van der Waals surface area (Å²) in [7, 11) is 0. The van der Waals surface area contributed by atoms with Crippen molar-refractivity contribution < 1.29 is 10.0 Å². The van der Waals surface area contributed by atoms with Gasteiger partial charge in [0.15, 0.2) is 0 Å². The summed E-state index contributed by atoms with van der Waals surface area (Å²) in [6.07, 6.45) is 1.62. The Morgan fingerprint density at radius 1 is 1.90 bits per heavy atom. The van der Waals surface area contributed by atoms with E-state index < -0.39 is 17.1 Å². The van der Waals surface area contributed by atoms with E-state index in [0.29, 0.717) is 0 Å². The van der Waals surface area contributed by atoms with E-state index in [2.05, 4.69) is 6.58 Å². The lowest BCUT2D eigenvalue weighted by Gasteiger charge is -2.15. The quantitative estimate of drug-likeness (QED) is 0.357. The van der Waals surface area contributed by atoms with E-state index in [1.165, 1.54) is 13.0 Å². The predicted octanol–water partition coefficient (Wildman–Crippen LogP) is 0.590. The van der Waals surface area contributed by atoms with Crippen LogP contribution < -0.4 is 0 Å². The normalized spacial score (nSPS) is 15.8. The maximum absolute atomic E-state index is 10.2. The average Bonchev–Trinajstić information content (AvgIpc) is 1.88. The zero-order chi connectivity index (χ0) is 8.20. The third-order valence-corrected chi connectivity index (χ3v) is 1.37. The molecule has 0 rings (SSSR count). The average molecular weight is 145 g/mol. The standard InChI is InChI=1S/C6H11NO3/c1-3-4-6(2,5-8)7(9)10/h3,8H,1,4-5H2,2H3. The summed E-state index contributed by atoms with van der Waals surface area (Å²) in [6, 6.07) is 0. The number of hydrogen-bond acceptors (Lipinski definition) is 3. The van der Waals surface area contributed by atoms with Gasteiger partial charge in [0.05, 0.1) is 0 Å². The molecule has 0 aromatic heterocycles. The number of nitro groups is 1. The Balaban J connectivity index is 4.21. The van der Waals surface area contributed by atoms with Gasteiger partial charge in [0.1, 0.15) is 6.61 Å². The number of aliphatic hydroxyl groups is 1. The van der Waals surface area contributed by atoms with Crippen LogP contribution >= 0.6 is 0 Å². The zero-order valence-electron chi connectivity index (χ0n) is 5.91. The Kier molecular flexibility index (Phi) is 3.02. The fourth-order valence-electron chi connectivity index (χ4n) is 0.508. The molecule has 0 saturated heterocycles. The van der Waals surface area contributed by atoms with E-state index in [9.17, 15) is 10.1 Å². The molecule has 4 heteroatoms. The molecule has 0 radical (unpaired) electrons. The van der Waals surface area contributed by atoms with E-state index in [1.54, 1.807) is 0 Å². The Labute approximate surface area is 59.3 Å². The van der Waals surface area contributed by atoms with Crippen molar-refractivity contribution in [2.75, 3.05) is 6.61 Å². The first-order chi connectivity index (χ1) is 4.56. The van der Waals surface area contributed by atoms with E-state index in [0.717, 1.165) is 0 Å². The van der Waals surface area contributed by atoms with Gasteiger partial charge < -0.3 is 5.11 Å². The summed E-state index contributed by atoms with van der Waals surface area (Å²) >= 11 is 0. The van der Waals surface area contributed by atoms with Gasteiger partial charge in [0.25, 0.3) is 0 Å². The molecule has 0 heterocycles. The van der Waals surface area contributed by atoms with Crippen molar-refractivity contribution in [2.45, 2.75) is 18.9 Å². The van der Waals surface area contributed by atoms with Crippen LogP contribution in [-0.4, -0.2) is 22.2 Å². The molecule has 0 saturated carbocycles. The van der Waals surface area contributed by atoms with Crippen LogP contribution in [0.25, 0.3) is 0 Å². The molecule has 0 bridgehead atoms. The molecule has 0 aromatic carbocycles. The van der Waals surface area contributed by atoms with Gasteiger partial charge in [-0.2, -0.15) is 0 Å². The first kappa shape index (κ1) is 9.10. The minimum Gasteiger partial charge on any atom is -0.389 e. The van der Waals surface area contributed by atoms with Crippen LogP contribution in [0.4, 0.5) is 0 Å². The van der Waals surface area contributed by atoms with E-state index >= 15 is 0 Å². The third kappa shape index (κ3) is 1.80. The van der Waals surface area contributed by atoms with Gasteiger partial charge in [-0.25, -0.2) is 0 Å². The lowest BCUT2D eigenvalue weighted by molar-refractivity contribution is -0.568. The fourth-order valence-corrected chi connectivity index (χ4v) is 0.508. The second-order valence-corrected chi connectivity index (χ2v) is 2.40. The van der Waals surface area contributed by atoms with Gasteiger partial charge in [-0.1, -0.05) is 6.08 Å². The second-order valence-electron chi connectivity index (χ2n) is 2.40. The van der Waals surface area contributed by atoms with Crippen molar-refractivity contribution in [1.29, 1.82) is 0 Å². The first-order valence-electron chi connectivity index (χ1n) is 2.93. The molecule has 1 N–H and O–H groups in total. The molecule has 0 aliphatic carbocycles. The highest BCUT2D eigenvalue weighted by molar-refractivity contribution is 4.82. The van der Waals surface area contributed by atoms with E-state index in [1.807, 2.05) is 0 Å². The highest BCUT2D eigenvalue weighted by Crippen LogP contribution is 2.12. The molecule has 4 nitrogen and oxygen atoms in total. The molecule has 0 spiro atoms. The molecule has 0 aliphatic heterocycles. The molecule has 0 fully saturated rings. The van der Waals surface area contributed by atoms with Crippen molar-refractivity contribution in [1.82, 2.24) is 0 Å². The Morgan fingerprint density at radius 2 is 2.40 bits per heavy atom. The molecule has 0 amide bonds. The van der Waals surface area contributed by atoms with Crippen molar-refractivity contribution in [3.63, 3.8) is 0 Å². The van der Waals surface area contributed by atoms with E-state index in [4.69, 9.17) is 5.11 Å². The Morgan fingerprint density at radius 3 is 2.50 bits per heavy atom. The molecule has 1 unspecified atom stereocenters. The summed E-state index contributed by atoms with van der Waals surface area (Å²) in [5.41, 5.74) is -1.25. The van der Waals surface area contributed by atoms with Crippen LogP contribution in [0.5, 0.6) is 0 Å².